The number of hydrogen-bond acceptors (Lipinski definition) is 3. The van der Waals surface area contributed by atoms with Gasteiger partial charge in [0.15, 0.2) is 5.69 Å². The second-order valence-electron chi connectivity index (χ2n) is 6.31. The van der Waals surface area contributed by atoms with Gasteiger partial charge in [-0.05, 0) is 31.0 Å². The number of carbonyl (C=O) groups is 2. The number of carbonyl (C=O) groups excluding carboxylic acids is 2. The summed E-state index contributed by atoms with van der Waals surface area (Å²) in [5.41, 5.74) is 2.87. The van der Waals surface area contributed by atoms with Gasteiger partial charge in [-0.1, -0.05) is 19.1 Å². The van der Waals surface area contributed by atoms with Crippen molar-refractivity contribution in [2.75, 3.05) is 6.54 Å². The van der Waals surface area contributed by atoms with Gasteiger partial charge in [0, 0.05) is 30.8 Å². The molecule has 2 N–H and O–H groups in total. The van der Waals surface area contributed by atoms with Gasteiger partial charge in [0.1, 0.15) is 5.82 Å². The summed E-state index contributed by atoms with van der Waals surface area (Å²) in [6.07, 6.45) is 1.01. The van der Waals surface area contributed by atoms with E-state index in [9.17, 15) is 14.0 Å². The normalized spacial score (nSPS) is 17.2. The third kappa shape index (κ3) is 3.70. The van der Waals surface area contributed by atoms with Gasteiger partial charge >= 0.3 is 0 Å². The number of benzene rings is 1. The molecule has 0 radical (unpaired) electrons. The van der Waals surface area contributed by atoms with Crippen LogP contribution in [0.25, 0.3) is 0 Å². The fourth-order valence-corrected chi connectivity index (χ4v) is 3.13. The standard InChI is InChI=1S/C18H21FN4O2/c1-3-15-11(2)17(22-21-15)18(25)20-14-8-16(24)23(10-14)9-12-5-4-6-13(19)7-12/h4-7,14H,3,8-10H2,1-2H3,(H,20,25)(H,21,22)/t14-/m0/s1. The number of hydrogen-bond donors (Lipinski definition) is 2. The maximum absolute atomic E-state index is 13.3. The van der Waals surface area contributed by atoms with E-state index in [2.05, 4.69) is 15.5 Å². The number of nitrogens with zero attached hydrogens (tertiary/aromatic N) is 2. The second kappa shape index (κ2) is 7.04. The Balaban J connectivity index is 1.62. The average molecular weight is 344 g/mol. The first-order chi connectivity index (χ1) is 12.0. The number of halogens is 1. The predicted octanol–water partition coefficient (Wildman–Crippen LogP) is 1.95. The second-order valence-corrected chi connectivity index (χ2v) is 6.31. The largest absolute Gasteiger partial charge is 0.346 e. The Morgan fingerprint density at radius 2 is 2.28 bits per heavy atom. The Morgan fingerprint density at radius 1 is 1.48 bits per heavy atom. The van der Waals surface area contributed by atoms with Crippen LogP contribution in [-0.4, -0.2) is 39.5 Å². The Bertz CT molecular complexity index is 802. The van der Waals surface area contributed by atoms with Gasteiger partial charge in [-0.3, -0.25) is 14.7 Å². The van der Waals surface area contributed by atoms with E-state index in [1.165, 1.54) is 12.1 Å². The van der Waals surface area contributed by atoms with Crippen LogP contribution < -0.4 is 5.32 Å². The molecule has 1 fully saturated rings. The highest BCUT2D eigenvalue weighted by molar-refractivity contribution is 5.94. The zero-order valence-corrected chi connectivity index (χ0v) is 14.3. The van der Waals surface area contributed by atoms with Gasteiger partial charge in [0.25, 0.3) is 5.91 Å². The van der Waals surface area contributed by atoms with Crippen molar-refractivity contribution in [2.24, 2.45) is 0 Å². The molecule has 0 saturated carbocycles. The van der Waals surface area contributed by atoms with Crippen molar-refractivity contribution in [1.82, 2.24) is 20.4 Å². The molecule has 2 heterocycles. The van der Waals surface area contributed by atoms with Crippen molar-refractivity contribution in [2.45, 2.75) is 39.3 Å². The number of rotatable bonds is 5. The summed E-state index contributed by atoms with van der Waals surface area (Å²) in [5, 5.41) is 9.80. The first-order valence-corrected chi connectivity index (χ1v) is 8.34. The summed E-state index contributed by atoms with van der Waals surface area (Å²) in [6.45, 7) is 4.59. The van der Waals surface area contributed by atoms with E-state index in [0.717, 1.165) is 23.2 Å². The molecule has 2 amide bonds. The highest BCUT2D eigenvalue weighted by atomic mass is 19.1. The third-order valence-corrected chi connectivity index (χ3v) is 4.49. The molecule has 6 nitrogen and oxygen atoms in total. The zero-order chi connectivity index (χ0) is 18.0. The smallest absolute Gasteiger partial charge is 0.272 e. The number of aryl methyl sites for hydroxylation is 1. The number of likely N-dealkylation sites (tertiary alicyclic amines) is 1. The molecule has 1 aromatic heterocycles. The molecule has 0 aliphatic carbocycles. The summed E-state index contributed by atoms with van der Waals surface area (Å²) in [5.74, 6) is -0.656. The fraction of sp³-hybridized carbons (Fsp3) is 0.389. The quantitative estimate of drug-likeness (QED) is 0.870. The summed E-state index contributed by atoms with van der Waals surface area (Å²) in [7, 11) is 0. The number of aromatic amines is 1. The van der Waals surface area contributed by atoms with Crippen LogP contribution in [0, 0.1) is 12.7 Å². The maximum atomic E-state index is 13.3. The number of aromatic nitrogens is 2. The molecule has 1 aromatic carbocycles. The van der Waals surface area contributed by atoms with Crippen LogP contribution in [0.2, 0.25) is 0 Å². The highest BCUT2D eigenvalue weighted by Gasteiger charge is 2.31. The molecule has 132 valence electrons. The van der Waals surface area contributed by atoms with Crippen molar-refractivity contribution in [3.63, 3.8) is 0 Å². The van der Waals surface area contributed by atoms with Crippen LogP contribution in [0.4, 0.5) is 4.39 Å². The topological polar surface area (TPSA) is 78.1 Å². The molecule has 0 spiro atoms. The molecular weight excluding hydrogens is 323 g/mol. The van der Waals surface area contributed by atoms with Crippen molar-refractivity contribution < 1.29 is 14.0 Å². The molecule has 3 rings (SSSR count). The maximum Gasteiger partial charge on any atom is 0.272 e. The summed E-state index contributed by atoms with van der Waals surface area (Å²) < 4.78 is 13.3. The van der Waals surface area contributed by atoms with Gasteiger partial charge in [0.2, 0.25) is 5.91 Å². The van der Waals surface area contributed by atoms with Crippen LogP contribution in [0.5, 0.6) is 0 Å². The Morgan fingerprint density at radius 3 is 2.96 bits per heavy atom. The summed E-state index contributed by atoms with van der Waals surface area (Å²) in [6, 6.07) is 5.92. The van der Waals surface area contributed by atoms with E-state index < -0.39 is 0 Å². The van der Waals surface area contributed by atoms with Crippen molar-refractivity contribution in [3.8, 4) is 0 Å². The SMILES string of the molecule is CCc1[nH]nc(C(=O)N[C@H]2CC(=O)N(Cc3cccc(F)c3)C2)c1C. The van der Waals surface area contributed by atoms with Crippen LogP contribution in [0.15, 0.2) is 24.3 Å². The lowest BCUT2D eigenvalue weighted by Gasteiger charge is -2.17. The Hall–Kier alpha value is -2.70. The molecule has 1 aliphatic rings. The van der Waals surface area contributed by atoms with Gasteiger partial charge in [-0.25, -0.2) is 4.39 Å². The number of nitrogens with one attached hydrogen (secondary N) is 2. The molecule has 1 saturated heterocycles. The first-order valence-electron chi connectivity index (χ1n) is 8.34. The van der Waals surface area contributed by atoms with Crippen molar-refractivity contribution >= 4 is 11.8 Å². The summed E-state index contributed by atoms with van der Waals surface area (Å²) >= 11 is 0. The monoisotopic (exact) mass is 344 g/mol. The molecule has 2 aromatic rings. The van der Waals surface area contributed by atoms with Gasteiger partial charge in [-0.2, -0.15) is 5.10 Å². The zero-order valence-electron chi connectivity index (χ0n) is 14.3. The fourth-order valence-electron chi connectivity index (χ4n) is 3.13. The lowest BCUT2D eigenvalue weighted by atomic mass is 10.1. The molecule has 0 unspecified atom stereocenters. The third-order valence-electron chi connectivity index (χ3n) is 4.49. The minimum absolute atomic E-state index is 0.0532. The predicted molar refractivity (Wildman–Crippen MR) is 90.4 cm³/mol. The summed E-state index contributed by atoms with van der Waals surface area (Å²) in [4.78, 5) is 26.2. The van der Waals surface area contributed by atoms with Gasteiger partial charge in [0.05, 0.1) is 6.04 Å². The molecule has 7 heteroatoms. The number of H-pyrrole nitrogens is 1. The lowest BCUT2D eigenvalue weighted by molar-refractivity contribution is -0.128. The van der Waals surface area contributed by atoms with E-state index >= 15 is 0 Å². The van der Waals surface area contributed by atoms with Crippen LogP contribution in [0.3, 0.4) is 0 Å². The van der Waals surface area contributed by atoms with Crippen molar-refractivity contribution in [1.29, 1.82) is 0 Å². The van der Waals surface area contributed by atoms with Gasteiger partial charge < -0.3 is 10.2 Å². The average Bonchev–Trinajstić information content (AvgIpc) is 3.10. The minimum atomic E-state index is -0.324. The van der Waals surface area contributed by atoms with Crippen LogP contribution >= 0.6 is 0 Å². The molecular formula is C18H21FN4O2. The highest BCUT2D eigenvalue weighted by Crippen LogP contribution is 2.17. The molecule has 25 heavy (non-hydrogen) atoms. The van der Waals surface area contributed by atoms with E-state index in [4.69, 9.17) is 0 Å². The minimum Gasteiger partial charge on any atom is -0.346 e. The van der Waals surface area contributed by atoms with E-state index in [1.807, 2.05) is 13.8 Å². The number of amides is 2. The molecule has 1 atom stereocenters. The van der Waals surface area contributed by atoms with E-state index in [1.54, 1.807) is 17.0 Å². The van der Waals surface area contributed by atoms with Gasteiger partial charge in [-0.15, -0.1) is 0 Å². The van der Waals surface area contributed by atoms with Crippen LogP contribution in [-0.2, 0) is 17.8 Å². The molecule has 0 bridgehead atoms. The molecule has 1 aliphatic heterocycles. The van der Waals surface area contributed by atoms with Crippen LogP contribution in [0.1, 0.15) is 40.7 Å². The van der Waals surface area contributed by atoms with E-state index in [-0.39, 0.29) is 30.1 Å². The Kier molecular flexibility index (Phi) is 4.83. The van der Waals surface area contributed by atoms with Crippen molar-refractivity contribution in [3.05, 3.63) is 52.6 Å². The Labute approximate surface area is 145 Å². The van der Waals surface area contributed by atoms with E-state index in [0.29, 0.717) is 18.8 Å². The lowest BCUT2D eigenvalue weighted by Crippen LogP contribution is -2.37. The first kappa shape index (κ1) is 17.1.